The summed E-state index contributed by atoms with van der Waals surface area (Å²) in [5.74, 6) is -1.58. The molecule has 4 atom stereocenters. The number of piperazine rings is 1. The maximum absolute atomic E-state index is 13.5. The molecule has 9 aromatic carbocycles. The first-order chi connectivity index (χ1) is 59.5. The van der Waals surface area contributed by atoms with Crippen LogP contribution in [0.15, 0.2) is 243 Å². The molecule has 3 aliphatic heterocycles. The van der Waals surface area contributed by atoms with Gasteiger partial charge in [-0.2, -0.15) is 0 Å². The summed E-state index contributed by atoms with van der Waals surface area (Å²) in [6.07, 6.45) is 9.73. The van der Waals surface area contributed by atoms with Crippen molar-refractivity contribution in [3.8, 4) is 0 Å². The first kappa shape index (κ1) is 98.6. The minimum Gasteiger partial charge on any atom is -0.480 e. The van der Waals surface area contributed by atoms with E-state index in [4.69, 9.17) is 59.9 Å². The van der Waals surface area contributed by atoms with E-state index in [9.17, 15) is 29.4 Å². The molecule has 0 radical (unpaired) electrons. The summed E-state index contributed by atoms with van der Waals surface area (Å²) in [5, 5.41) is 55.0. The molecule has 3 saturated heterocycles. The molecule has 9 aromatic rings. The number of carbonyl (C=O) groups is 4. The molecule has 6 N–H and O–H groups in total. The summed E-state index contributed by atoms with van der Waals surface area (Å²) in [6.45, 7) is 27.6. The number of ketones is 2. The first-order valence-corrected chi connectivity index (χ1v) is 45.7. The fourth-order valence-corrected chi connectivity index (χ4v) is 19.1. The number of likely N-dealkylation sites (tertiary alicyclic amines) is 2. The number of piperidine rings is 1. The van der Waals surface area contributed by atoms with Gasteiger partial charge in [0.2, 0.25) is 0 Å². The third-order valence-electron chi connectivity index (χ3n) is 26.4. The van der Waals surface area contributed by atoms with Crippen LogP contribution in [0.1, 0.15) is 186 Å². The number of aliphatic carboxylic acids is 1. The molecule has 4 unspecified atom stereocenters. The monoisotopic (exact) mass is 1760 g/mol. The Labute approximate surface area is 758 Å². The van der Waals surface area contributed by atoms with Crippen molar-refractivity contribution >= 4 is 64.0 Å². The molecule has 4 aliphatic rings. The van der Waals surface area contributed by atoms with Gasteiger partial charge in [0.15, 0.2) is 0 Å². The highest BCUT2D eigenvalue weighted by Gasteiger charge is 2.52. The van der Waals surface area contributed by atoms with Gasteiger partial charge < -0.3 is 50.0 Å². The van der Waals surface area contributed by atoms with E-state index in [1.165, 1.54) is 16.7 Å². The van der Waals surface area contributed by atoms with Crippen LogP contribution >= 0.6 is 34.8 Å². The lowest BCUT2D eigenvalue weighted by Crippen LogP contribution is -2.55. The van der Waals surface area contributed by atoms with E-state index in [2.05, 4.69) is 173 Å². The van der Waals surface area contributed by atoms with Crippen molar-refractivity contribution in [2.45, 2.75) is 167 Å². The number of hydrogen-bond donors (Lipinski definition) is 6. The zero-order valence-corrected chi connectivity index (χ0v) is 77.5. The Morgan fingerprint density at radius 3 is 1.52 bits per heavy atom. The summed E-state index contributed by atoms with van der Waals surface area (Å²) in [7, 11) is 4.50. The average molecular weight is 1760 g/mol. The Kier molecular flexibility index (Phi) is 35.8. The van der Waals surface area contributed by atoms with Gasteiger partial charge >= 0.3 is 5.97 Å². The number of Topliss-reactive ketones (excluding diaryl/α,β-unsaturated/α-hetero) is 2. The molecule has 0 spiro atoms. The van der Waals surface area contributed by atoms with E-state index >= 15 is 0 Å². The minimum atomic E-state index is -1.04. The highest BCUT2D eigenvalue weighted by atomic mass is 35.5. The van der Waals surface area contributed by atoms with Crippen LogP contribution in [-0.2, 0) is 65.3 Å². The van der Waals surface area contributed by atoms with Crippen LogP contribution in [-0.4, -0.2) is 187 Å². The molecular weight excluding hydrogens is 1620 g/mol. The summed E-state index contributed by atoms with van der Waals surface area (Å²) >= 11 is 18.1. The molecule has 125 heavy (non-hydrogen) atoms. The third kappa shape index (κ3) is 27.7. The predicted molar refractivity (Wildman–Crippen MR) is 507 cm³/mol. The zero-order chi connectivity index (χ0) is 90.1. The first-order valence-electron chi connectivity index (χ1n) is 44.6. The van der Waals surface area contributed by atoms with Crippen molar-refractivity contribution in [3.63, 3.8) is 0 Å². The molecule has 0 aromatic heterocycles. The number of halogens is 3. The number of ether oxygens (including phenoxy) is 2. The number of nitrogens with one attached hydrogen (secondary N) is 2. The van der Waals surface area contributed by atoms with E-state index < -0.39 is 33.9 Å². The minimum absolute atomic E-state index is 0.0262. The van der Waals surface area contributed by atoms with Gasteiger partial charge in [0.1, 0.15) is 23.8 Å². The number of aliphatic hydroxyl groups excluding tert-OH is 1. The molecule has 1 saturated carbocycles. The van der Waals surface area contributed by atoms with Crippen molar-refractivity contribution < 1.29 is 53.6 Å². The largest absolute Gasteiger partial charge is 0.480 e. The average Bonchev–Trinajstić information content (AvgIpc) is 0.873. The fourth-order valence-electron chi connectivity index (χ4n) is 18.7. The second-order valence-electron chi connectivity index (χ2n) is 37.8. The van der Waals surface area contributed by atoms with Crippen molar-refractivity contribution in [2.24, 2.45) is 22.2 Å². The number of amides is 1. The van der Waals surface area contributed by atoms with Crippen LogP contribution in [0.25, 0.3) is 0 Å². The highest BCUT2D eigenvalue weighted by Crippen LogP contribution is 2.52. The Morgan fingerprint density at radius 2 is 0.992 bits per heavy atom. The van der Waals surface area contributed by atoms with Crippen LogP contribution in [0, 0.1) is 27.6 Å². The lowest BCUT2D eigenvalue weighted by molar-refractivity contribution is -0.889. The fraction of sp³-hybridized carbons (Fsp3) is 0.443. The molecule has 13 rings (SSSR count). The van der Waals surface area contributed by atoms with Gasteiger partial charge in [0.05, 0.1) is 64.1 Å². The number of aliphatic hydroxyl groups is 3. The normalized spacial score (nSPS) is 19.6. The summed E-state index contributed by atoms with van der Waals surface area (Å²) in [4.78, 5) is 57.8. The third-order valence-corrected chi connectivity index (χ3v) is 27.1. The van der Waals surface area contributed by atoms with Crippen molar-refractivity contribution in [3.05, 3.63) is 319 Å². The predicted octanol–water partition coefficient (Wildman–Crippen LogP) is 19.7. The van der Waals surface area contributed by atoms with Gasteiger partial charge in [0, 0.05) is 108 Å². The number of nitrogens with zero attached hydrogens (tertiary/aromatic N) is 4. The number of quaternary nitrogens is 1. The number of carboxylic acids is 1. The summed E-state index contributed by atoms with van der Waals surface area (Å²) < 4.78 is 11.6. The quantitative estimate of drug-likeness (QED) is 0.0103. The van der Waals surface area contributed by atoms with Gasteiger partial charge in [-0.3, -0.25) is 24.2 Å². The summed E-state index contributed by atoms with van der Waals surface area (Å²) in [6, 6.07) is 80.3. The van der Waals surface area contributed by atoms with Gasteiger partial charge in [-0.05, 0) is 200 Å². The number of rotatable bonds is 31. The number of hydrogen-bond acceptors (Lipinski definition) is 13. The molecule has 3 heterocycles. The smallest absolute Gasteiger partial charge is 0.329 e. The Morgan fingerprint density at radius 1 is 0.528 bits per heavy atom. The van der Waals surface area contributed by atoms with E-state index in [0.717, 1.165) is 153 Å². The molecule has 4 fully saturated rings. The highest BCUT2D eigenvalue weighted by molar-refractivity contribution is 6.31. The van der Waals surface area contributed by atoms with Gasteiger partial charge in [0.25, 0.3) is 5.91 Å². The standard InChI is InChI=1S/C34H45NO2.C27H33ClO4.C23H28ClN3O.C22H27ClN2O3/c1-31(2,3)27-17-19-28(20-18-27)33(5,36)21-12-24-35-25-22-32(4,23-26-35)34(37,29-13-8-6-9-14-29)30-15-10-7-11-16-30;1-26(12-14-32-15-13-29)18-23(30)25(24(31)19-26)27(2,16-20-6-4-3-5-7-20)17-21-8-10-22(28)11-9-21;1-27(2)14-5-6-19(13-15-27)26-23(28)21-8-4-3-7-20(21)22(25)16-17-9-11-18(24)12-10-17;1-22(18-5-3-2-4-6-18,19-7-9-20(23)10-8-19)25-13-11-24(12-14-25)15-16-28-17-21(26)27/h6-11,13-20,36-37H,12,21-26H2,1-5H3;3-11,25,29H,12-19H2,1-2H3;3-4,7-12,19,25H,5-6,13-16H2,1-2H3;2-10H,11-17H2,1H3,(H,26,27)/p+1. The maximum Gasteiger partial charge on any atom is 0.329 e. The van der Waals surface area contributed by atoms with E-state index in [1.807, 2.05) is 159 Å². The lowest BCUT2D eigenvalue weighted by atomic mass is 9.58. The molecule has 19 heteroatoms. The molecule has 0 bridgehead atoms. The van der Waals surface area contributed by atoms with Gasteiger partial charge in [-0.15, -0.1) is 0 Å². The van der Waals surface area contributed by atoms with Crippen LogP contribution in [0.4, 0.5) is 0 Å². The van der Waals surface area contributed by atoms with Gasteiger partial charge in [-0.1, -0.05) is 277 Å². The van der Waals surface area contributed by atoms with Crippen LogP contribution in [0.2, 0.25) is 15.1 Å². The SMILES string of the molecule is CC(C)(C)c1ccc(C(C)(O)CCCN2CCC(C)(C(O)(c3ccccc3)c3ccccc3)CC2)cc1.CC(c1ccccc1)(c1ccc(Cl)cc1)N1CCN(CCOCC(=O)O)CC1.CC1(CCOCCO)CC(=O)C(C(C)(Cc2ccccc2)Cc2ccc(Cl)cc2)C(=O)C1.C[N+]1(C)CCCC(NC(=O)c2ccccc2C(=N)Cc2ccc(Cl)cc2)CC1. The summed E-state index contributed by atoms with van der Waals surface area (Å²) in [5.41, 5.74) is 8.40. The molecule has 1 aliphatic carbocycles. The van der Waals surface area contributed by atoms with Crippen molar-refractivity contribution in [2.75, 3.05) is 113 Å². The number of carbonyl (C=O) groups excluding carboxylic acids is 3. The van der Waals surface area contributed by atoms with Crippen molar-refractivity contribution in [1.29, 1.82) is 5.41 Å². The molecule has 1 amide bonds. The number of carboxylic acid groups (broad SMARTS) is 1. The molecule has 16 nitrogen and oxygen atoms in total. The maximum atomic E-state index is 13.5. The van der Waals surface area contributed by atoms with Crippen LogP contribution in [0.3, 0.4) is 0 Å². The van der Waals surface area contributed by atoms with Crippen LogP contribution < -0.4 is 5.32 Å². The Hall–Kier alpha value is -8.56. The lowest BCUT2D eigenvalue weighted by Gasteiger charge is -2.50. The number of benzene rings is 9. The van der Waals surface area contributed by atoms with Crippen LogP contribution in [0.5, 0.6) is 0 Å². The second-order valence-corrected chi connectivity index (χ2v) is 39.1. The van der Waals surface area contributed by atoms with E-state index in [-0.39, 0.29) is 59.7 Å². The second kappa shape index (κ2) is 45.4. The van der Waals surface area contributed by atoms with E-state index in [1.54, 1.807) is 0 Å². The molecular formula is C106H134Cl3N6O10+. The van der Waals surface area contributed by atoms with E-state index in [0.29, 0.717) is 78.6 Å². The Bertz CT molecular complexity index is 4810. The molecule has 668 valence electrons. The van der Waals surface area contributed by atoms with Gasteiger partial charge in [-0.25, -0.2) is 4.79 Å². The zero-order valence-electron chi connectivity index (χ0n) is 75.2. The topological polar surface area (TPSA) is 213 Å². The Balaban J connectivity index is 0.000000175. The van der Waals surface area contributed by atoms with Crippen molar-refractivity contribution in [1.82, 2.24) is 20.0 Å².